The number of imidazole rings is 1. The van der Waals surface area contributed by atoms with Crippen LogP contribution < -0.4 is 4.72 Å². The quantitative estimate of drug-likeness (QED) is 0.481. The number of aromatic amines is 1. The van der Waals surface area contributed by atoms with Gasteiger partial charge in [-0.05, 0) is 19.1 Å². The van der Waals surface area contributed by atoms with Crippen LogP contribution in [0.5, 0.6) is 0 Å². The van der Waals surface area contributed by atoms with Gasteiger partial charge >= 0.3 is 0 Å². The van der Waals surface area contributed by atoms with E-state index < -0.39 is 25.9 Å². The third-order valence-corrected chi connectivity index (χ3v) is 5.31. The largest absolute Gasteiger partial charge is 0.340 e. The molecule has 0 saturated carbocycles. The summed E-state index contributed by atoms with van der Waals surface area (Å²) in [6.45, 7) is 1.53. The van der Waals surface area contributed by atoms with Gasteiger partial charge in [0.05, 0.1) is 31.8 Å². The monoisotopic (exact) mass is 391 g/mol. The van der Waals surface area contributed by atoms with Gasteiger partial charge in [-0.2, -0.15) is 0 Å². The number of benzene rings is 2. The summed E-state index contributed by atoms with van der Waals surface area (Å²) in [6, 6.07) is 7.90. The minimum atomic E-state index is -4.05. The fourth-order valence-corrected chi connectivity index (χ4v) is 3.70. The predicted molar refractivity (Wildman–Crippen MR) is 94.6 cm³/mol. The molecule has 0 spiro atoms. The zero-order valence-electron chi connectivity index (χ0n) is 13.8. The standard InChI is InChI=1S/C15H13N5O6S/c1-9(15-16-13-6-5-11(20(23)24)8-14(13)17-15)18-27(25,26)12-4-2-3-10(7-12)19(21)22/h2-9,18H,1H3,(H,16,17). The third-order valence-electron chi connectivity index (χ3n) is 3.78. The minimum absolute atomic E-state index is 0.123. The van der Waals surface area contributed by atoms with Gasteiger partial charge in [0.25, 0.3) is 11.4 Å². The van der Waals surface area contributed by atoms with Crippen molar-refractivity contribution in [3.63, 3.8) is 0 Å². The molecule has 0 saturated heterocycles. The molecule has 0 bridgehead atoms. The van der Waals surface area contributed by atoms with Crippen LogP contribution >= 0.6 is 0 Å². The van der Waals surface area contributed by atoms with E-state index in [0.29, 0.717) is 11.0 Å². The first-order chi connectivity index (χ1) is 12.7. The number of sulfonamides is 1. The second-order valence-corrected chi connectivity index (χ2v) is 7.39. The third kappa shape index (κ3) is 3.75. The zero-order chi connectivity index (χ0) is 19.8. The molecule has 2 aromatic carbocycles. The van der Waals surface area contributed by atoms with E-state index in [0.717, 1.165) is 6.07 Å². The molecular weight excluding hydrogens is 378 g/mol. The summed E-state index contributed by atoms with van der Waals surface area (Å²) in [5, 5.41) is 21.7. The van der Waals surface area contributed by atoms with E-state index in [4.69, 9.17) is 0 Å². The van der Waals surface area contributed by atoms with E-state index in [1.807, 2.05) is 0 Å². The Morgan fingerprint density at radius 2 is 1.74 bits per heavy atom. The van der Waals surface area contributed by atoms with Crippen molar-refractivity contribution in [2.75, 3.05) is 0 Å². The number of hydrogen-bond donors (Lipinski definition) is 2. The van der Waals surface area contributed by atoms with Crippen LogP contribution in [0, 0.1) is 20.2 Å². The van der Waals surface area contributed by atoms with Crippen molar-refractivity contribution in [2.45, 2.75) is 17.9 Å². The molecule has 11 nitrogen and oxygen atoms in total. The molecule has 3 aromatic rings. The van der Waals surface area contributed by atoms with E-state index in [9.17, 15) is 28.6 Å². The molecule has 1 unspecified atom stereocenters. The van der Waals surface area contributed by atoms with E-state index >= 15 is 0 Å². The second-order valence-electron chi connectivity index (χ2n) is 5.68. The van der Waals surface area contributed by atoms with Crippen molar-refractivity contribution in [3.8, 4) is 0 Å². The Hall–Kier alpha value is -3.38. The lowest BCUT2D eigenvalue weighted by Gasteiger charge is -2.12. The summed E-state index contributed by atoms with van der Waals surface area (Å²) in [6.07, 6.45) is 0. The number of H-pyrrole nitrogens is 1. The fourth-order valence-electron chi connectivity index (χ4n) is 2.46. The smallest absolute Gasteiger partial charge is 0.271 e. The van der Waals surface area contributed by atoms with Crippen LogP contribution in [-0.4, -0.2) is 28.2 Å². The summed E-state index contributed by atoms with van der Waals surface area (Å²) in [7, 11) is -4.05. The number of nitro groups is 2. The molecule has 27 heavy (non-hydrogen) atoms. The van der Waals surface area contributed by atoms with Crippen molar-refractivity contribution in [2.24, 2.45) is 0 Å². The molecule has 140 valence electrons. The molecule has 0 aliphatic rings. The van der Waals surface area contributed by atoms with E-state index in [1.54, 1.807) is 0 Å². The first kappa shape index (κ1) is 18.4. The lowest BCUT2D eigenvalue weighted by Crippen LogP contribution is -2.27. The van der Waals surface area contributed by atoms with Gasteiger partial charge in [0.15, 0.2) is 0 Å². The number of hydrogen-bond acceptors (Lipinski definition) is 7. The van der Waals surface area contributed by atoms with Gasteiger partial charge in [0.1, 0.15) is 5.82 Å². The summed E-state index contributed by atoms with van der Waals surface area (Å²) in [5.41, 5.74) is 0.363. The number of rotatable bonds is 6. The zero-order valence-corrected chi connectivity index (χ0v) is 14.6. The Balaban J connectivity index is 1.88. The van der Waals surface area contributed by atoms with Gasteiger partial charge < -0.3 is 4.98 Å². The van der Waals surface area contributed by atoms with Crippen LogP contribution in [0.1, 0.15) is 18.8 Å². The first-order valence-electron chi connectivity index (χ1n) is 7.58. The minimum Gasteiger partial charge on any atom is -0.340 e. The van der Waals surface area contributed by atoms with E-state index in [1.165, 1.54) is 43.3 Å². The van der Waals surface area contributed by atoms with Crippen LogP contribution in [0.15, 0.2) is 47.4 Å². The molecule has 1 atom stereocenters. The molecule has 0 radical (unpaired) electrons. The van der Waals surface area contributed by atoms with Crippen LogP contribution in [0.4, 0.5) is 11.4 Å². The van der Waals surface area contributed by atoms with Crippen LogP contribution in [0.2, 0.25) is 0 Å². The van der Waals surface area contributed by atoms with E-state index in [-0.39, 0.29) is 22.1 Å². The van der Waals surface area contributed by atoms with Gasteiger partial charge in [0, 0.05) is 24.3 Å². The van der Waals surface area contributed by atoms with Crippen molar-refractivity contribution in [3.05, 3.63) is 68.5 Å². The number of non-ortho nitro benzene ring substituents is 2. The SMILES string of the molecule is CC(NS(=O)(=O)c1cccc([N+](=O)[O-])c1)c1nc2ccc([N+](=O)[O-])cc2[nH]1. The van der Waals surface area contributed by atoms with Crippen molar-refractivity contribution >= 4 is 32.4 Å². The first-order valence-corrected chi connectivity index (χ1v) is 9.06. The fraction of sp³-hybridized carbons (Fsp3) is 0.133. The van der Waals surface area contributed by atoms with Crippen molar-refractivity contribution in [1.29, 1.82) is 0 Å². The highest BCUT2D eigenvalue weighted by molar-refractivity contribution is 7.89. The van der Waals surface area contributed by atoms with Gasteiger partial charge in [-0.15, -0.1) is 0 Å². The maximum absolute atomic E-state index is 12.5. The average molecular weight is 391 g/mol. The Kier molecular flexibility index (Phi) is 4.59. The topological polar surface area (TPSA) is 161 Å². The molecule has 0 aliphatic heterocycles. The number of nitro benzene ring substituents is 2. The molecule has 3 rings (SSSR count). The number of fused-ring (bicyclic) bond motifs is 1. The Labute approximate surface area is 152 Å². The van der Waals surface area contributed by atoms with Gasteiger partial charge in [-0.3, -0.25) is 20.2 Å². The maximum atomic E-state index is 12.5. The number of aromatic nitrogens is 2. The molecule has 0 aliphatic carbocycles. The lowest BCUT2D eigenvalue weighted by molar-refractivity contribution is -0.385. The molecule has 1 aromatic heterocycles. The van der Waals surface area contributed by atoms with Crippen LogP contribution in [0.3, 0.4) is 0 Å². The molecule has 1 heterocycles. The summed E-state index contributed by atoms with van der Waals surface area (Å²) in [4.78, 5) is 27.2. The molecule has 12 heteroatoms. The lowest BCUT2D eigenvalue weighted by atomic mass is 10.3. The highest BCUT2D eigenvalue weighted by atomic mass is 32.2. The molecular formula is C15H13N5O6S. The molecule has 0 fully saturated rings. The number of nitrogens with zero attached hydrogens (tertiary/aromatic N) is 3. The Morgan fingerprint density at radius 3 is 2.41 bits per heavy atom. The molecule has 0 amide bonds. The van der Waals surface area contributed by atoms with Crippen molar-refractivity contribution in [1.82, 2.24) is 14.7 Å². The van der Waals surface area contributed by atoms with Gasteiger partial charge in [0.2, 0.25) is 10.0 Å². The van der Waals surface area contributed by atoms with Crippen LogP contribution in [-0.2, 0) is 10.0 Å². The second kappa shape index (κ2) is 6.74. The van der Waals surface area contributed by atoms with Gasteiger partial charge in [-0.1, -0.05) is 6.07 Å². The number of nitrogens with one attached hydrogen (secondary N) is 2. The average Bonchev–Trinajstić information content (AvgIpc) is 3.04. The normalized spacial score (nSPS) is 12.8. The Bertz CT molecular complexity index is 1160. The van der Waals surface area contributed by atoms with Gasteiger partial charge in [-0.25, -0.2) is 18.1 Å². The summed E-state index contributed by atoms with van der Waals surface area (Å²) >= 11 is 0. The van der Waals surface area contributed by atoms with Crippen LogP contribution in [0.25, 0.3) is 11.0 Å². The summed E-state index contributed by atoms with van der Waals surface area (Å²) in [5.74, 6) is 0.250. The summed E-state index contributed by atoms with van der Waals surface area (Å²) < 4.78 is 27.3. The maximum Gasteiger partial charge on any atom is 0.271 e. The predicted octanol–water partition coefficient (Wildman–Crippen LogP) is 2.42. The molecule has 2 N–H and O–H groups in total. The van der Waals surface area contributed by atoms with Crippen molar-refractivity contribution < 1.29 is 18.3 Å². The Morgan fingerprint density at radius 1 is 1.07 bits per heavy atom. The highest BCUT2D eigenvalue weighted by Gasteiger charge is 2.22. The van der Waals surface area contributed by atoms with E-state index in [2.05, 4.69) is 14.7 Å². The highest BCUT2D eigenvalue weighted by Crippen LogP contribution is 2.23.